The molecule has 1 nitrogen and oxygen atoms in total. The lowest BCUT2D eigenvalue weighted by Crippen LogP contribution is -2.16. The van der Waals surface area contributed by atoms with Gasteiger partial charge in [-0.05, 0) is 30.2 Å². The summed E-state index contributed by atoms with van der Waals surface area (Å²) in [6.45, 7) is 6.69. The van der Waals surface area contributed by atoms with Gasteiger partial charge in [-0.15, -0.1) is 0 Å². The van der Waals surface area contributed by atoms with Gasteiger partial charge in [0, 0.05) is 0 Å². The average molecular weight is 262 g/mol. The number of benzene rings is 1. The van der Waals surface area contributed by atoms with Crippen LogP contribution in [0.3, 0.4) is 0 Å². The van der Waals surface area contributed by atoms with E-state index in [0.29, 0.717) is 11.8 Å². The van der Waals surface area contributed by atoms with Crippen LogP contribution < -0.4 is 0 Å². The molecule has 3 atom stereocenters. The molecule has 1 aromatic rings. The van der Waals surface area contributed by atoms with Crippen molar-refractivity contribution < 1.29 is 5.11 Å². The molecule has 108 valence electrons. The average Bonchev–Trinajstić information content (AvgIpc) is 2.44. The maximum Gasteiger partial charge on any atom is 0.0548 e. The van der Waals surface area contributed by atoms with Gasteiger partial charge >= 0.3 is 0 Å². The minimum absolute atomic E-state index is 0.156. The van der Waals surface area contributed by atoms with Crippen LogP contribution in [0.5, 0.6) is 0 Å². The lowest BCUT2D eigenvalue weighted by molar-refractivity contribution is 0.122. The fourth-order valence-corrected chi connectivity index (χ4v) is 2.79. The van der Waals surface area contributed by atoms with Crippen molar-refractivity contribution in [2.24, 2.45) is 5.92 Å². The molecule has 0 bridgehead atoms. The van der Waals surface area contributed by atoms with Crippen molar-refractivity contribution in [3.8, 4) is 0 Å². The third kappa shape index (κ3) is 6.24. The molecule has 0 fully saturated rings. The summed E-state index contributed by atoms with van der Waals surface area (Å²) in [6, 6.07) is 10.5. The number of aliphatic hydroxyl groups excluding tert-OH is 1. The fourth-order valence-electron chi connectivity index (χ4n) is 2.79. The molecule has 0 radical (unpaired) electrons. The van der Waals surface area contributed by atoms with Gasteiger partial charge in [-0.1, -0.05) is 76.8 Å². The first-order valence-electron chi connectivity index (χ1n) is 7.90. The zero-order valence-corrected chi connectivity index (χ0v) is 12.8. The smallest absolute Gasteiger partial charge is 0.0548 e. The first-order chi connectivity index (χ1) is 9.17. The van der Waals surface area contributed by atoms with E-state index in [-0.39, 0.29) is 6.10 Å². The Morgan fingerprint density at radius 3 is 2.32 bits per heavy atom. The summed E-state index contributed by atoms with van der Waals surface area (Å²) in [6.07, 6.45) is 6.70. The number of rotatable bonds is 9. The minimum Gasteiger partial charge on any atom is -0.393 e. The molecule has 1 heteroatoms. The zero-order valence-electron chi connectivity index (χ0n) is 12.8. The van der Waals surface area contributed by atoms with E-state index >= 15 is 0 Å². The van der Waals surface area contributed by atoms with E-state index in [1.165, 1.54) is 31.2 Å². The summed E-state index contributed by atoms with van der Waals surface area (Å²) in [4.78, 5) is 0. The van der Waals surface area contributed by atoms with E-state index < -0.39 is 0 Å². The van der Waals surface area contributed by atoms with Crippen LogP contribution in [0.15, 0.2) is 30.3 Å². The Hall–Kier alpha value is -0.820. The zero-order chi connectivity index (χ0) is 14.1. The summed E-state index contributed by atoms with van der Waals surface area (Å²) in [5.41, 5.74) is 1.34. The van der Waals surface area contributed by atoms with E-state index in [9.17, 15) is 5.11 Å². The van der Waals surface area contributed by atoms with Gasteiger partial charge in [0.25, 0.3) is 0 Å². The Labute approximate surface area is 119 Å². The molecule has 0 aliphatic rings. The maximum absolute atomic E-state index is 10.3. The molecule has 0 aliphatic heterocycles. The van der Waals surface area contributed by atoms with Crippen molar-refractivity contribution >= 4 is 0 Å². The number of hydrogen-bond donors (Lipinski definition) is 1. The number of unbranched alkanes of at least 4 members (excludes halogenated alkanes) is 1. The highest BCUT2D eigenvalue weighted by molar-refractivity contribution is 5.18. The van der Waals surface area contributed by atoms with Crippen LogP contribution in [0.4, 0.5) is 0 Å². The lowest BCUT2D eigenvalue weighted by Gasteiger charge is -2.21. The van der Waals surface area contributed by atoms with E-state index in [1.54, 1.807) is 0 Å². The molecule has 0 saturated heterocycles. The predicted octanol–water partition coefficient (Wildman–Crippen LogP) is 5.15. The van der Waals surface area contributed by atoms with E-state index in [1.807, 2.05) is 6.07 Å². The summed E-state index contributed by atoms with van der Waals surface area (Å²) >= 11 is 0. The topological polar surface area (TPSA) is 20.2 Å². The third-order valence-corrected chi connectivity index (χ3v) is 4.14. The summed E-state index contributed by atoms with van der Waals surface area (Å²) in [5.74, 6) is 1.14. The van der Waals surface area contributed by atoms with Crippen LogP contribution in [0, 0.1) is 5.92 Å². The summed E-state index contributed by atoms with van der Waals surface area (Å²) in [7, 11) is 0. The third-order valence-electron chi connectivity index (χ3n) is 4.14. The molecule has 0 amide bonds. The Balaban J connectivity index is 2.39. The van der Waals surface area contributed by atoms with Crippen molar-refractivity contribution in [1.29, 1.82) is 0 Å². The fraction of sp³-hybridized carbons (Fsp3) is 0.667. The second kappa shape index (κ2) is 9.14. The molecular weight excluding hydrogens is 232 g/mol. The molecule has 1 aromatic carbocycles. The van der Waals surface area contributed by atoms with Crippen LogP contribution in [0.25, 0.3) is 0 Å². The van der Waals surface area contributed by atoms with Gasteiger partial charge in [0.1, 0.15) is 0 Å². The maximum atomic E-state index is 10.3. The van der Waals surface area contributed by atoms with Crippen LogP contribution in [-0.2, 0) is 0 Å². The Morgan fingerprint density at radius 1 is 1.05 bits per heavy atom. The second-order valence-corrected chi connectivity index (χ2v) is 5.85. The van der Waals surface area contributed by atoms with Gasteiger partial charge < -0.3 is 5.11 Å². The second-order valence-electron chi connectivity index (χ2n) is 5.85. The highest BCUT2D eigenvalue weighted by Crippen LogP contribution is 2.25. The molecule has 1 N–H and O–H groups in total. The van der Waals surface area contributed by atoms with Gasteiger partial charge in [0.05, 0.1) is 6.10 Å². The predicted molar refractivity (Wildman–Crippen MR) is 83.4 cm³/mol. The standard InChI is InChI=1S/C18H30O/c1-4-6-10-16(5-2)14-18(19)13-15(3)17-11-8-7-9-12-17/h7-9,11-12,15-16,18-19H,4-6,10,13-14H2,1-3H3. The monoisotopic (exact) mass is 262 g/mol. The van der Waals surface area contributed by atoms with Gasteiger partial charge in [0.2, 0.25) is 0 Å². The normalized spacial score (nSPS) is 16.0. The van der Waals surface area contributed by atoms with E-state index in [2.05, 4.69) is 45.0 Å². The molecule has 1 rings (SSSR count). The quantitative estimate of drug-likeness (QED) is 0.652. The highest BCUT2D eigenvalue weighted by Gasteiger charge is 2.16. The van der Waals surface area contributed by atoms with E-state index in [0.717, 1.165) is 12.8 Å². The minimum atomic E-state index is -0.156. The molecular formula is C18H30O. The molecule has 0 aliphatic carbocycles. The molecule has 0 saturated carbocycles. The molecule has 0 aromatic heterocycles. The van der Waals surface area contributed by atoms with Crippen LogP contribution in [-0.4, -0.2) is 11.2 Å². The first kappa shape index (κ1) is 16.2. The Kier molecular flexibility index (Phi) is 7.81. The van der Waals surface area contributed by atoms with Gasteiger partial charge in [-0.2, -0.15) is 0 Å². The number of aliphatic hydroxyl groups is 1. The van der Waals surface area contributed by atoms with Crippen LogP contribution in [0.2, 0.25) is 0 Å². The summed E-state index contributed by atoms with van der Waals surface area (Å²) < 4.78 is 0. The first-order valence-corrected chi connectivity index (χ1v) is 7.90. The lowest BCUT2D eigenvalue weighted by atomic mass is 9.88. The summed E-state index contributed by atoms with van der Waals surface area (Å²) in [5, 5.41) is 10.3. The Morgan fingerprint density at radius 2 is 1.74 bits per heavy atom. The van der Waals surface area contributed by atoms with Gasteiger partial charge in [-0.25, -0.2) is 0 Å². The number of hydrogen-bond acceptors (Lipinski definition) is 1. The molecule has 0 spiro atoms. The van der Waals surface area contributed by atoms with Crippen molar-refractivity contribution in [1.82, 2.24) is 0 Å². The van der Waals surface area contributed by atoms with Crippen LogP contribution >= 0.6 is 0 Å². The largest absolute Gasteiger partial charge is 0.393 e. The van der Waals surface area contributed by atoms with Gasteiger partial charge in [-0.3, -0.25) is 0 Å². The van der Waals surface area contributed by atoms with Crippen molar-refractivity contribution in [2.75, 3.05) is 0 Å². The molecule has 3 unspecified atom stereocenters. The van der Waals surface area contributed by atoms with Gasteiger partial charge in [0.15, 0.2) is 0 Å². The van der Waals surface area contributed by atoms with Crippen molar-refractivity contribution in [2.45, 2.75) is 71.3 Å². The van der Waals surface area contributed by atoms with Crippen molar-refractivity contribution in [3.05, 3.63) is 35.9 Å². The SMILES string of the molecule is CCCCC(CC)CC(O)CC(C)c1ccccc1. The molecule has 0 heterocycles. The van der Waals surface area contributed by atoms with Crippen molar-refractivity contribution in [3.63, 3.8) is 0 Å². The van der Waals surface area contributed by atoms with Crippen LogP contribution in [0.1, 0.15) is 70.8 Å². The van der Waals surface area contributed by atoms with E-state index in [4.69, 9.17) is 0 Å². The Bertz CT molecular complexity index is 320. The molecule has 19 heavy (non-hydrogen) atoms. The highest BCUT2D eigenvalue weighted by atomic mass is 16.3.